The van der Waals surface area contributed by atoms with E-state index in [2.05, 4.69) is 15.7 Å². The summed E-state index contributed by atoms with van der Waals surface area (Å²) in [5.41, 5.74) is 10.2. The van der Waals surface area contributed by atoms with Gasteiger partial charge in [0.2, 0.25) is 0 Å². The van der Waals surface area contributed by atoms with Gasteiger partial charge in [0.05, 0.1) is 5.71 Å². The van der Waals surface area contributed by atoms with Crippen LogP contribution in [-0.4, -0.2) is 18.3 Å². The van der Waals surface area contributed by atoms with Crippen molar-refractivity contribution in [3.05, 3.63) is 0 Å². The van der Waals surface area contributed by atoms with Crippen molar-refractivity contribution in [3.8, 4) is 0 Å². The molecule has 5 heteroatoms. The molecule has 0 rings (SSSR count). The van der Waals surface area contributed by atoms with Crippen LogP contribution in [-0.2, 0) is 4.84 Å². The number of oxime groups is 1. The number of hydrogen-bond acceptors (Lipinski definition) is 4. The molecule has 0 atom stereocenters. The Morgan fingerprint density at radius 2 is 2.33 bits per heavy atom. The molecule has 1 amide bonds. The standard InChI is InChI=1S/C4H9N3O2/c1-3(2-5)7-9-4(6)8/h2,5H2,1H3,(H2,6,8)/b7-3+. The number of nitrogens with two attached hydrogens (primary N) is 2. The van der Waals surface area contributed by atoms with E-state index in [-0.39, 0.29) is 6.54 Å². The molecule has 0 aliphatic rings. The normalized spacial score (nSPS) is 11.1. The van der Waals surface area contributed by atoms with Crippen molar-refractivity contribution in [2.45, 2.75) is 6.92 Å². The molecule has 5 nitrogen and oxygen atoms in total. The van der Waals surface area contributed by atoms with Gasteiger partial charge in [0.25, 0.3) is 0 Å². The van der Waals surface area contributed by atoms with Crippen LogP contribution < -0.4 is 11.5 Å². The summed E-state index contributed by atoms with van der Waals surface area (Å²) in [5.74, 6) is 0. The lowest BCUT2D eigenvalue weighted by Gasteiger charge is -1.91. The first-order valence-electron chi connectivity index (χ1n) is 2.36. The van der Waals surface area contributed by atoms with E-state index in [4.69, 9.17) is 5.73 Å². The predicted molar refractivity (Wildman–Crippen MR) is 32.8 cm³/mol. The maximum Gasteiger partial charge on any atom is 0.430 e. The number of carbonyl (C=O) groups excluding carboxylic acids is 1. The van der Waals surface area contributed by atoms with Crippen molar-refractivity contribution in [2.24, 2.45) is 16.6 Å². The molecule has 0 aliphatic carbocycles. The molecular weight excluding hydrogens is 122 g/mol. The van der Waals surface area contributed by atoms with E-state index in [9.17, 15) is 4.79 Å². The molecule has 0 aromatic rings. The van der Waals surface area contributed by atoms with E-state index in [1.165, 1.54) is 0 Å². The summed E-state index contributed by atoms with van der Waals surface area (Å²) >= 11 is 0. The summed E-state index contributed by atoms with van der Waals surface area (Å²) in [7, 11) is 0. The van der Waals surface area contributed by atoms with E-state index in [0.717, 1.165) is 0 Å². The Labute approximate surface area is 52.6 Å². The molecule has 0 fully saturated rings. The van der Waals surface area contributed by atoms with Crippen LogP contribution in [0.4, 0.5) is 4.79 Å². The molecule has 0 radical (unpaired) electrons. The van der Waals surface area contributed by atoms with E-state index >= 15 is 0 Å². The average Bonchev–Trinajstić information content (AvgIpc) is 1.83. The van der Waals surface area contributed by atoms with Gasteiger partial charge in [0, 0.05) is 6.54 Å². The van der Waals surface area contributed by atoms with Gasteiger partial charge in [0.15, 0.2) is 0 Å². The van der Waals surface area contributed by atoms with Gasteiger partial charge in [-0.25, -0.2) is 4.79 Å². The van der Waals surface area contributed by atoms with Gasteiger partial charge in [0.1, 0.15) is 0 Å². The maximum atomic E-state index is 9.87. The minimum Gasteiger partial charge on any atom is -0.333 e. The first kappa shape index (κ1) is 7.90. The Bertz CT molecular complexity index is 132. The molecule has 0 saturated heterocycles. The molecule has 0 spiro atoms. The number of amides is 1. The van der Waals surface area contributed by atoms with Crippen LogP contribution in [0.15, 0.2) is 5.16 Å². The van der Waals surface area contributed by atoms with Crippen molar-refractivity contribution < 1.29 is 9.63 Å². The summed E-state index contributed by atoms with van der Waals surface area (Å²) < 4.78 is 0. The first-order valence-corrected chi connectivity index (χ1v) is 2.36. The fourth-order valence-corrected chi connectivity index (χ4v) is 0.160. The lowest BCUT2D eigenvalue weighted by atomic mass is 10.4. The minimum atomic E-state index is -0.928. The highest BCUT2D eigenvalue weighted by molar-refractivity contribution is 5.83. The van der Waals surface area contributed by atoms with E-state index in [1.807, 2.05) is 0 Å². The quantitative estimate of drug-likeness (QED) is 0.298. The third kappa shape index (κ3) is 4.76. The van der Waals surface area contributed by atoms with Gasteiger partial charge >= 0.3 is 6.09 Å². The largest absolute Gasteiger partial charge is 0.430 e. The Hall–Kier alpha value is -1.10. The molecule has 52 valence electrons. The van der Waals surface area contributed by atoms with E-state index in [0.29, 0.717) is 5.71 Å². The molecule has 0 saturated carbocycles. The van der Waals surface area contributed by atoms with Gasteiger partial charge < -0.3 is 11.5 Å². The van der Waals surface area contributed by atoms with Crippen molar-refractivity contribution in [3.63, 3.8) is 0 Å². The summed E-state index contributed by atoms with van der Waals surface area (Å²) in [6.07, 6.45) is -0.928. The molecule has 0 aromatic heterocycles. The van der Waals surface area contributed by atoms with Gasteiger partial charge in [-0.1, -0.05) is 5.16 Å². The van der Waals surface area contributed by atoms with Gasteiger partial charge in [-0.3, -0.25) is 4.84 Å². The van der Waals surface area contributed by atoms with Crippen LogP contribution in [0.25, 0.3) is 0 Å². The second kappa shape index (κ2) is 3.85. The van der Waals surface area contributed by atoms with Crippen molar-refractivity contribution >= 4 is 11.8 Å². The summed E-state index contributed by atoms with van der Waals surface area (Å²) in [6.45, 7) is 1.89. The highest BCUT2D eigenvalue weighted by Crippen LogP contribution is 1.77. The number of hydrogen-bond donors (Lipinski definition) is 2. The monoisotopic (exact) mass is 131 g/mol. The van der Waals surface area contributed by atoms with Crippen LogP contribution in [0.2, 0.25) is 0 Å². The first-order chi connectivity index (χ1) is 4.16. The van der Waals surface area contributed by atoms with E-state index < -0.39 is 6.09 Å². The second-order valence-electron chi connectivity index (χ2n) is 1.44. The lowest BCUT2D eigenvalue weighted by molar-refractivity contribution is 0.161. The predicted octanol–water partition coefficient (Wildman–Crippen LogP) is -0.584. The van der Waals surface area contributed by atoms with Crippen LogP contribution in [0.1, 0.15) is 6.92 Å². The molecule has 0 aromatic carbocycles. The molecule has 0 bridgehead atoms. The number of nitrogens with zero attached hydrogens (tertiary/aromatic N) is 1. The maximum absolute atomic E-state index is 9.87. The number of primary amides is 1. The summed E-state index contributed by atoms with van der Waals surface area (Å²) in [5, 5.41) is 3.26. The van der Waals surface area contributed by atoms with E-state index in [1.54, 1.807) is 6.92 Å². The second-order valence-corrected chi connectivity index (χ2v) is 1.44. The molecular formula is C4H9N3O2. The van der Waals surface area contributed by atoms with Crippen molar-refractivity contribution in [2.75, 3.05) is 6.54 Å². The zero-order valence-corrected chi connectivity index (χ0v) is 5.13. The SMILES string of the molecule is C/C(CN)=N\OC(N)=O. The third-order valence-corrected chi connectivity index (χ3v) is 0.587. The zero-order chi connectivity index (χ0) is 7.28. The fourth-order valence-electron chi connectivity index (χ4n) is 0.160. The smallest absolute Gasteiger partial charge is 0.333 e. The molecule has 0 unspecified atom stereocenters. The zero-order valence-electron chi connectivity index (χ0n) is 5.13. The van der Waals surface area contributed by atoms with Crippen LogP contribution in [0.5, 0.6) is 0 Å². The Morgan fingerprint density at radius 1 is 1.78 bits per heavy atom. The third-order valence-electron chi connectivity index (χ3n) is 0.587. The van der Waals surface area contributed by atoms with Gasteiger partial charge in [-0.15, -0.1) is 0 Å². The van der Waals surface area contributed by atoms with Crippen LogP contribution in [0, 0.1) is 0 Å². The highest BCUT2D eigenvalue weighted by Gasteiger charge is 1.89. The molecule has 0 aliphatic heterocycles. The highest BCUT2D eigenvalue weighted by atomic mass is 16.7. The average molecular weight is 131 g/mol. The lowest BCUT2D eigenvalue weighted by Crippen LogP contribution is -2.14. The van der Waals surface area contributed by atoms with Crippen LogP contribution >= 0.6 is 0 Å². The fraction of sp³-hybridized carbons (Fsp3) is 0.500. The molecule has 0 heterocycles. The van der Waals surface area contributed by atoms with Crippen LogP contribution in [0.3, 0.4) is 0 Å². The van der Waals surface area contributed by atoms with Gasteiger partial charge in [-0.2, -0.15) is 0 Å². The molecule has 4 N–H and O–H groups in total. The minimum absolute atomic E-state index is 0.257. The molecule has 9 heavy (non-hydrogen) atoms. The Balaban J connectivity index is 3.56. The Morgan fingerprint density at radius 3 is 2.67 bits per heavy atom. The topological polar surface area (TPSA) is 90.7 Å². The number of carbonyl (C=O) groups is 1. The van der Waals surface area contributed by atoms with Crippen molar-refractivity contribution in [1.82, 2.24) is 0 Å². The summed E-state index contributed by atoms with van der Waals surface area (Å²) in [6, 6.07) is 0. The van der Waals surface area contributed by atoms with Crippen molar-refractivity contribution in [1.29, 1.82) is 0 Å². The summed E-state index contributed by atoms with van der Waals surface area (Å²) in [4.78, 5) is 13.9. The van der Waals surface area contributed by atoms with Gasteiger partial charge in [-0.05, 0) is 6.92 Å². The number of rotatable bonds is 2. The Kier molecular flexibility index (Phi) is 3.38.